The van der Waals surface area contributed by atoms with Crippen LogP contribution in [-0.4, -0.2) is 55.6 Å². The highest BCUT2D eigenvalue weighted by molar-refractivity contribution is 5.79. The number of halogens is 2. The standard InChI is InChI=1S/C11H16F2N2O2/c12-11(13)1-9(17-10(11)16)6-15-4-7-2-14-3-8(7)5-15/h7-9,14H,1-6H2/t7-,8+,9?. The molecule has 4 nitrogen and oxygen atoms in total. The van der Waals surface area contributed by atoms with Gasteiger partial charge in [-0.25, -0.2) is 4.79 Å². The van der Waals surface area contributed by atoms with E-state index in [1.807, 2.05) is 0 Å². The number of hydrogen-bond acceptors (Lipinski definition) is 4. The number of esters is 1. The molecule has 3 atom stereocenters. The van der Waals surface area contributed by atoms with Crippen LogP contribution in [0.15, 0.2) is 0 Å². The van der Waals surface area contributed by atoms with Gasteiger partial charge in [-0.1, -0.05) is 0 Å². The van der Waals surface area contributed by atoms with Gasteiger partial charge in [0.2, 0.25) is 0 Å². The van der Waals surface area contributed by atoms with E-state index in [4.69, 9.17) is 4.74 Å². The lowest BCUT2D eigenvalue weighted by Crippen LogP contribution is -2.33. The number of likely N-dealkylation sites (tertiary alicyclic amines) is 1. The lowest BCUT2D eigenvalue weighted by atomic mass is 10.0. The molecule has 0 saturated carbocycles. The highest BCUT2D eigenvalue weighted by Gasteiger charge is 2.51. The quantitative estimate of drug-likeness (QED) is 0.701. The number of ether oxygens (including phenoxy) is 1. The highest BCUT2D eigenvalue weighted by Crippen LogP contribution is 2.33. The number of nitrogens with one attached hydrogen (secondary N) is 1. The first-order valence-corrected chi connectivity index (χ1v) is 6.06. The van der Waals surface area contributed by atoms with Gasteiger partial charge in [-0.05, 0) is 24.9 Å². The second kappa shape index (κ2) is 3.88. The third-order valence-electron chi connectivity index (χ3n) is 3.98. The molecule has 0 radical (unpaired) electrons. The molecule has 6 heteroatoms. The molecule has 3 aliphatic heterocycles. The van der Waals surface area contributed by atoms with Crippen LogP contribution in [0.2, 0.25) is 0 Å². The van der Waals surface area contributed by atoms with E-state index >= 15 is 0 Å². The van der Waals surface area contributed by atoms with Crippen LogP contribution in [0.5, 0.6) is 0 Å². The maximum Gasteiger partial charge on any atom is 0.377 e. The molecule has 3 fully saturated rings. The van der Waals surface area contributed by atoms with E-state index in [2.05, 4.69) is 10.2 Å². The van der Waals surface area contributed by atoms with Gasteiger partial charge in [0.05, 0.1) is 6.42 Å². The van der Waals surface area contributed by atoms with E-state index in [1.54, 1.807) is 0 Å². The van der Waals surface area contributed by atoms with Gasteiger partial charge in [0.15, 0.2) is 0 Å². The van der Waals surface area contributed by atoms with Crippen LogP contribution < -0.4 is 5.32 Å². The number of fused-ring (bicyclic) bond motifs is 1. The van der Waals surface area contributed by atoms with Crippen LogP contribution in [0.4, 0.5) is 8.78 Å². The van der Waals surface area contributed by atoms with E-state index in [0.29, 0.717) is 18.4 Å². The van der Waals surface area contributed by atoms with E-state index in [1.165, 1.54) is 0 Å². The number of hydrogen-bond donors (Lipinski definition) is 1. The van der Waals surface area contributed by atoms with Crippen molar-refractivity contribution in [3.05, 3.63) is 0 Å². The molecular formula is C11H16F2N2O2. The van der Waals surface area contributed by atoms with Gasteiger partial charge in [0.1, 0.15) is 6.10 Å². The fourth-order valence-electron chi connectivity index (χ4n) is 3.14. The predicted octanol–water partition coefficient (Wildman–Crippen LogP) is 0.0884. The Hall–Kier alpha value is -0.750. The summed E-state index contributed by atoms with van der Waals surface area (Å²) in [6, 6.07) is 0. The first-order valence-electron chi connectivity index (χ1n) is 6.06. The largest absolute Gasteiger partial charge is 0.456 e. The van der Waals surface area contributed by atoms with Gasteiger partial charge < -0.3 is 10.1 Å². The number of rotatable bonds is 2. The summed E-state index contributed by atoms with van der Waals surface area (Å²) in [5.41, 5.74) is 0. The van der Waals surface area contributed by atoms with Crippen molar-refractivity contribution in [3.8, 4) is 0 Å². The van der Waals surface area contributed by atoms with Crippen LogP contribution >= 0.6 is 0 Å². The molecule has 0 aromatic rings. The molecule has 0 amide bonds. The molecule has 0 bridgehead atoms. The van der Waals surface area contributed by atoms with Crippen molar-refractivity contribution >= 4 is 5.97 Å². The molecule has 96 valence electrons. The Kier molecular flexibility index (Phi) is 2.59. The number of alkyl halides is 2. The summed E-state index contributed by atoms with van der Waals surface area (Å²) < 4.78 is 30.7. The number of cyclic esters (lactones) is 1. The van der Waals surface area contributed by atoms with Gasteiger partial charge in [0.25, 0.3) is 0 Å². The zero-order chi connectivity index (χ0) is 12.0. The average Bonchev–Trinajstić information content (AvgIpc) is 2.81. The van der Waals surface area contributed by atoms with Crippen molar-refractivity contribution in [2.75, 3.05) is 32.7 Å². The van der Waals surface area contributed by atoms with E-state index < -0.39 is 24.4 Å². The van der Waals surface area contributed by atoms with Crippen molar-refractivity contribution in [2.45, 2.75) is 18.4 Å². The average molecular weight is 246 g/mol. The molecule has 3 saturated heterocycles. The van der Waals surface area contributed by atoms with Crippen LogP contribution in [0, 0.1) is 11.8 Å². The van der Waals surface area contributed by atoms with Crippen molar-refractivity contribution in [2.24, 2.45) is 11.8 Å². The van der Waals surface area contributed by atoms with Crippen molar-refractivity contribution in [1.82, 2.24) is 10.2 Å². The first-order chi connectivity index (χ1) is 8.04. The van der Waals surface area contributed by atoms with Gasteiger partial charge in [-0.15, -0.1) is 0 Å². The fraction of sp³-hybridized carbons (Fsp3) is 0.909. The van der Waals surface area contributed by atoms with Gasteiger partial charge in [-0.2, -0.15) is 8.78 Å². The predicted molar refractivity (Wildman–Crippen MR) is 55.7 cm³/mol. The van der Waals surface area contributed by atoms with E-state index in [-0.39, 0.29) is 0 Å². The van der Waals surface area contributed by atoms with Crippen LogP contribution in [0.25, 0.3) is 0 Å². The summed E-state index contributed by atoms with van der Waals surface area (Å²) in [7, 11) is 0. The maximum atomic E-state index is 13.0. The molecule has 3 aliphatic rings. The zero-order valence-electron chi connectivity index (χ0n) is 9.49. The molecule has 3 heterocycles. The van der Waals surface area contributed by atoms with Gasteiger partial charge in [-0.3, -0.25) is 4.90 Å². The van der Waals surface area contributed by atoms with E-state index in [0.717, 1.165) is 26.2 Å². The lowest BCUT2D eigenvalue weighted by molar-refractivity contribution is -0.159. The smallest absolute Gasteiger partial charge is 0.377 e. The number of nitrogens with zero attached hydrogens (tertiary/aromatic N) is 1. The summed E-state index contributed by atoms with van der Waals surface area (Å²) in [5.74, 6) is -3.37. The third-order valence-corrected chi connectivity index (χ3v) is 3.98. The molecule has 1 N–H and O–H groups in total. The minimum atomic E-state index is -3.28. The Bertz CT molecular complexity index is 325. The number of carbonyl (C=O) groups excluding carboxylic acids is 1. The Morgan fingerprint density at radius 2 is 2.00 bits per heavy atom. The van der Waals surface area contributed by atoms with Gasteiger partial charge >= 0.3 is 11.9 Å². The summed E-state index contributed by atoms with van der Waals surface area (Å²) in [6.07, 6.45) is -1.10. The summed E-state index contributed by atoms with van der Waals surface area (Å²) in [5, 5.41) is 3.33. The molecule has 1 unspecified atom stereocenters. The van der Waals surface area contributed by atoms with Gasteiger partial charge in [0, 0.05) is 19.6 Å². The molecular weight excluding hydrogens is 230 g/mol. The summed E-state index contributed by atoms with van der Waals surface area (Å²) in [6.45, 7) is 4.34. The maximum absolute atomic E-state index is 13.0. The Labute approximate surface area is 98.3 Å². The Morgan fingerprint density at radius 3 is 2.53 bits per heavy atom. The summed E-state index contributed by atoms with van der Waals surface area (Å²) in [4.78, 5) is 13.0. The molecule has 3 rings (SSSR count). The number of carbonyl (C=O) groups is 1. The molecule has 0 aromatic heterocycles. The van der Waals surface area contributed by atoms with Crippen molar-refractivity contribution in [3.63, 3.8) is 0 Å². The van der Waals surface area contributed by atoms with Crippen molar-refractivity contribution in [1.29, 1.82) is 0 Å². The minimum absolute atomic E-state index is 0.453. The SMILES string of the molecule is O=C1OC(CN2C[C@H]3CNC[C@H]3C2)CC1(F)F. The topological polar surface area (TPSA) is 41.6 Å². The second-order valence-corrected chi connectivity index (χ2v) is 5.33. The molecule has 0 aliphatic carbocycles. The third kappa shape index (κ3) is 2.04. The van der Waals surface area contributed by atoms with E-state index in [9.17, 15) is 13.6 Å². The van der Waals surface area contributed by atoms with Crippen molar-refractivity contribution < 1.29 is 18.3 Å². The molecule has 17 heavy (non-hydrogen) atoms. The monoisotopic (exact) mass is 246 g/mol. The zero-order valence-corrected chi connectivity index (χ0v) is 9.49. The second-order valence-electron chi connectivity index (χ2n) is 5.33. The highest BCUT2D eigenvalue weighted by atomic mass is 19.3. The summed E-state index contributed by atoms with van der Waals surface area (Å²) >= 11 is 0. The van der Waals surface area contributed by atoms with Crippen LogP contribution in [0.3, 0.4) is 0 Å². The Balaban J connectivity index is 1.54. The Morgan fingerprint density at radius 1 is 1.35 bits per heavy atom. The molecule has 0 aromatic carbocycles. The lowest BCUT2D eigenvalue weighted by Gasteiger charge is -2.19. The first kappa shape index (κ1) is 11.3. The van der Waals surface area contributed by atoms with Crippen LogP contribution in [0.1, 0.15) is 6.42 Å². The minimum Gasteiger partial charge on any atom is -0.456 e. The van der Waals surface area contributed by atoms with Crippen LogP contribution in [-0.2, 0) is 9.53 Å². The normalized spacial score (nSPS) is 40.6. The molecule has 0 spiro atoms. The fourth-order valence-corrected chi connectivity index (χ4v) is 3.14.